The second-order valence-corrected chi connectivity index (χ2v) is 9.92. The maximum Gasteiger partial charge on any atom is 0.311 e. The summed E-state index contributed by atoms with van der Waals surface area (Å²) in [6.45, 7) is 8.96. The Hall–Kier alpha value is -1.85. The van der Waals surface area contributed by atoms with E-state index in [0.717, 1.165) is 45.4 Å². The van der Waals surface area contributed by atoms with Crippen molar-refractivity contribution in [2.24, 2.45) is 23.2 Å². The first-order valence-corrected chi connectivity index (χ1v) is 11.6. The van der Waals surface area contributed by atoms with Gasteiger partial charge in [-0.15, -0.1) is 0 Å². The summed E-state index contributed by atoms with van der Waals surface area (Å²) in [6.07, 6.45) is 4.59. The normalized spacial score (nSPS) is 39.2. The number of rotatable bonds is 3. The summed E-state index contributed by atoms with van der Waals surface area (Å²) >= 11 is 0. The molecule has 2 saturated heterocycles. The van der Waals surface area contributed by atoms with E-state index in [2.05, 4.69) is 54.0 Å². The second-order valence-electron chi connectivity index (χ2n) is 9.92. The van der Waals surface area contributed by atoms with Gasteiger partial charge in [0.25, 0.3) is 0 Å². The van der Waals surface area contributed by atoms with Crippen molar-refractivity contribution in [2.45, 2.75) is 45.3 Å². The lowest BCUT2D eigenvalue weighted by atomic mass is 9.55. The van der Waals surface area contributed by atoms with Crippen molar-refractivity contribution >= 4 is 11.7 Å². The first-order valence-electron chi connectivity index (χ1n) is 11.6. The van der Waals surface area contributed by atoms with E-state index in [0.29, 0.717) is 12.5 Å². The molecule has 0 amide bonds. The minimum atomic E-state index is -0.514. The molecule has 162 valence electrons. The number of nitrogens with zero attached hydrogens (tertiary/aromatic N) is 2. The van der Waals surface area contributed by atoms with Gasteiger partial charge in [0, 0.05) is 56.2 Å². The molecule has 5 nitrogen and oxygen atoms in total. The van der Waals surface area contributed by atoms with Crippen LogP contribution in [0.1, 0.15) is 33.1 Å². The fraction of sp³-hybridized carbons (Fsp3) is 0.640. The zero-order valence-corrected chi connectivity index (χ0v) is 18.2. The van der Waals surface area contributed by atoms with E-state index in [1.807, 2.05) is 6.07 Å². The van der Waals surface area contributed by atoms with Gasteiger partial charge in [-0.1, -0.05) is 43.7 Å². The van der Waals surface area contributed by atoms with Crippen LogP contribution in [0, 0.1) is 23.2 Å². The van der Waals surface area contributed by atoms with Crippen LogP contribution in [-0.2, 0) is 9.53 Å². The van der Waals surface area contributed by atoms with Crippen molar-refractivity contribution in [1.82, 2.24) is 4.90 Å². The Labute approximate surface area is 179 Å². The molecule has 0 unspecified atom stereocenters. The highest BCUT2D eigenvalue weighted by Gasteiger charge is 2.59. The molecule has 5 heteroatoms. The number of hydrogen-bond acceptors (Lipinski definition) is 5. The zero-order chi connectivity index (χ0) is 20.9. The molecule has 1 aromatic rings. The largest absolute Gasteiger partial charge is 0.461 e. The summed E-state index contributed by atoms with van der Waals surface area (Å²) < 4.78 is 5.83. The summed E-state index contributed by atoms with van der Waals surface area (Å²) in [5.74, 6) is 0.0115. The molecule has 0 radical (unpaired) electrons. The number of para-hydroxylation sites is 1. The van der Waals surface area contributed by atoms with Gasteiger partial charge in [-0.2, -0.15) is 0 Å². The van der Waals surface area contributed by atoms with Crippen LogP contribution in [0.4, 0.5) is 5.69 Å². The number of aliphatic hydroxyl groups is 1. The Bertz CT molecular complexity index is 817. The summed E-state index contributed by atoms with van der Waals surface area (Å²) in [5, 5.41) is 11.5. The lowest BCUT2D eigenvalue weighted by molar-refractivity contribution is -0.145. The van der Waals surface area contributed by atoms with Crippen molar-refractivity contribution in [2.75, 3.05) is 37.6 Å². The molecule has 3 fully saturated rings. The van der Waals surface area contributed by atoms with E-state index in [1.54, 1.807) is 0 Å². The molecule has 5 rings (SSSR count). The zero-order valence-electron chi connectivity index (χ0n) is 18.2. The van der Waals surface area contributed by atoms with E-state index in [4.69, 9.17) is 4.74 Å². The molecule has 0 aromatic heterocycles. The van der Waals surface area contributed by atoms with E-state index >= 15 is 0 Å². The first kappa shape index (κ1) is 20.1. The van der Waals surface area contributed by atoms with Gasteiger partial charge in [0.2, 0.25) is 0 Å². The highest BCUT2D eigenvalue weighted by Crippen LogP contribution is 2.56. The monoisotopic (exact) mass is 410 g/mol. The first-order chi connectivity index (χ1) is 14.5. The van der Waals surface area contributed by atoms with Gasteiger partial charge in [0.1, 0.15) is 6.10 Å². The average molecular weight is 411 g/mol. The Balaban J connectivity index is 1.28. The van der Waals surface area contributed by atoms with Crippen LogP contribution in [0.3, 0.4) is 0 Å². The lowest BCUT2D eigenvalue weighted by Crippen LogP contribution is -2.55. The average Bonchev–Trinajstić information content (AvgIpc) is 3.07. The highest BCUT2D eigenvalue weighted by atomic mass is 16.6. The van der Waals surface area contributed by atoms with E-state index in [9.17, 15) is 9.90 Å². The quantitative estimate of drug-likeness (QED) is 0.613. The van der Waals surface area contributed by atoms with Gasteiger partial charge in [-0.3, -0.25) is 9.69 Å². The van der Waals surface area contributed by atoms with Crippen molar-refractivity contribution in [3.8, 4) is 0 Å². The Morgan fingerprint density at radius 1 is 1.17 bits per heavy atom. The van der Waals surface area contributed by atoms with Crippen LogP contribution >= 0.6 is 0 Å². The third-order valence-corrected chi connectivity index (χ3v) is 8.52. The number of benzene rings is 1. The smallest absolute Gasteiger partial charge is 0.311 e. The van der Waals surface area contributed by atoms with E-state index in [-0.39, 0.29) is 29.3 Å². The van der Waals surface area contributed by atoms with Crippen molar-refractivity contribution in [3.05, 3.63) is 42.0 Å². The number of hydrogen-bond donors (Lipinski definition) is 1. The lowest BCUT2D eigenvalue weighted by Gasteiger charge is -2.52. The number of aliphatic hydroxyl groups excluding tert-OH is 1. The van der Waals surface area contributed by atoms with Gasteiger partial charge in [-0.05, 0) is 30.9 Å². The number of anilines is 1. The van der Waals surface area contributed by atoms with Crippen LogP contribution in [0.2, 0.25) is 0 Å². The van der Waals surface area contributed by atoms with Crippen LogP contribution in [-0.4, -0.2) is 60.9 Å². The Morgan fingerprint density at radius 3 is 2.63 bits per heavy atom. The van der Waals surface area contributed by atoms with Crippen LogP contribution in [0.25, 0.3) is 0 Å². The summed E-state index contributed by atoms with van der Waals surface area (Å²) in [5.41, 5.74) is 2.34. The number of esters is 1. The molecule has 2 heterocycles. The maximum absolute atomic E-state index is 12.8. The second kappa shape index (κ2) is 7.69. The van der Waals surface area contributed by atoms with Gasteiger partial charge in [0.05, 0.1) is 12.0 Å². The summed E-state index contributed by atoms with van der Waals surface area (Å²) in [4.78, 5) is 17.6. The van der Waals surface area contributed by atoms with Crippen LogP contribution in [0.5, 0.6) is 0 Å². The van der Waals surface area contributed by atoms with Crippen molar-refractivity contribution in [1.29, 1.82) is 0 Å². The van der Waals surface area contributed by atoms with Crippen LogP contribution < -0.4 is 4.90 Å². The molecule has 1 N–H and O–H groups in total. The van der Waals surface area contributed by atoms with Crippen LogP contribution in [0.15, 0.2) is 42.0 Å². The molecular formula is C25H34N2O3. The fourth-order valence-corrected chi connectivity index (χ4v) is 6.38. The molecule has 0 spiro atoms. The third-order valence-electron chi connectivity index (χ3n) is 8.52. The number of fused-ring (bicyclic) bond motifs is 2. The predicted octanol–water partition coefficient (Wildman–Crippen LogP) is 3.09. The molecule has 2 aliphatic heterocycles. The van der Waals surface area contributed by atoms with Gasteiger partial charge < -0.3 is 14.7 Å². The third kappa shape index (κ3) is 3.18. The van der Waals surface area contributed by atoms with E-state index < -0.39 is 6.10 Å². The van der Waals surface area contributed by atoms with Gasteiger partial charge in [0.15, 0.2) is 0 Å². The molecule has 4 aliphatic rings. The number of piperazine rings is 1. The maximum atomic E-state index is 12.8. The minimum absolute atomic E-state index is 0.0904. The molecule has 30 heavy (non-hydrogen) atoms. The van der Waals surface area contributed by atoms with Gasteiger partial charge >= 0.3 is 5.97 Å². The predicted molar refractivity (Wildman–Crippen MR) is 117 cm³/mol. The minimum Gasteiger partial charge on any atom is -0.461 e. The standard InChI is InChI=1S/C25H34N2O3/c1-17-7-6-8-18-15-21-22(23(28)25(17,18)2)20(24(29)30-21)16-26-11-13-27(14-12-26)19-9-4-3-5-10-19/h3-5,8-10,17,20-23,28H,6-7,11-16H2,1-2H3/t17-,20-,21-,22-,23-,25-/m1/s1. The van der Waals surface area contributed by atoms with E-state index in [1.165, 1.54) is 11.3 Å². The SMILES string of the molecule is C[C@@H]1CCC=C2C[C@H]3OC(=O)[C@H](CN4CCN(c5ccccc5)CC4)[C@H]3[C@@H](O)[C@@]21C. The number of carbonyl (C=O) groups is 1. The Kier molecular flexibility index (Phi) is 5.14. The fourth-order valence-electron chi connectivity index (χ4n) is 6.38. The summed E-state index contributed by atoms with van der Waals surface area (Å²) in [7, 11) is 0. The molecule has 1 aromatic carbocycles. The Morgan fingerprint density at radius 2 is 1.90 bits per heavy atom. The van der Waals surface area contributed by atoms with Gasteiger partial charge in [-0.25, -0.2) is 0 Å². The molecular weight excluding hydrogens is 376 g/mol. The summed E-state index contributed by atoms with van der Waals surface area (Å²) in [6, 6.07) is 10.5. The topological polar surface area (TPSA) is 53.0 Å². The highest BCUT2D eigenvalue weighted by molar-refractivity contribution is 5.76. The number of carbonyl (C=O) groups excluding carboxylic acids is 1. The molecule has 0 bridgehead atoms. The van der Waals surface area contributed by atoms with Crippen molar-refractivity contribution < 1.29 is 14.6 Å². The molecule has 6 atom stereocenters. The molecule has 2 aliphatic carbocycles. The number of ether oxygens (including phenoxy) is 1. The number of allylic oxidation sites excluding steroid dienone is 1. The van der Waals surface area contributed by atoms with Crippen molar-refractivity contribution in [3.63, 3.8) is 0 Å². The molecule has 1 saturated carbocycles.